The Bertz CT molecular complexity index is 583. The summed E-state index contributed by atoms with van der Waals surface area (Å²) in [5, 5.41) is 5.30. The molecule has 0 bridgehead atoms. The minimum Gasteiger partial charge on any atom is -0.346 e. The lowest BCUT2D eigenvalue weighted by molar-refractivity contribution is 0.0946. The highest BCUT2D eigenvalue weighted by Gasteiger charge is 2.13. The average molecular weight is 301 g/mol. The number of carbonyl (C=O) groups is 1. The fourth-order valence-corrected chi connectivity index (χ4v) is 2.59. The molecule has 0 aliphatic heterocycles. The molecule has 1 N–H and O–H groups in total. The minimum absolute atomic E-state index is 0.151. The van der Waals surface area contributed by atoms with Crippen LogP contribution >= 0.6 is 34.5 Å². The molecule has 0 aliphatic carbocycles. The Hall–Kier alpha value is -1.10. The molecule has 0 spiro atoms. The van der Waals surface area contributed by atoms with Crippen LogP contribution in [0.15, 0.2) is 23.6 Å². The number of amides is 1. The van der Waals surface area contributed by atoms with Crippen LogP contribution in [0.5, 0.6) is 0 Å². The highest BCUT2D eigenvalue weighted by atomic mass is 35.5. The molecule has 0 saturated heterocycles. The van der Waals surface area contributed by atoms with Gasteiger partial charge < -0.3 is 5.32 Å². The normalized spacial score (nSPS) is 10.4. The van der Waals surface area contributed by atoms with Gasteiger partial charge in [0.05, 0.1) is 11.6 Å². The van der Waals surface area contributed by atoms with E-state index in [0.717, 1.165) is 10.4 Å². The second-order valence-corrected chi connectivity index (χ2v) is 5.47. The van der Waals surface area contributed by atoms with E-state index in [0.29, 0.717) is 11.6 Å². The summed E-state index contributed by atoms with van der Waals surface area (Å²) in [5.41, 5.74) is 1.31. The molecule has 0 unspecified atom stereocenters. The topological polar surface area (TPSA) is 42.0 Å². The summed E-state index contributed by atoms with van der Waals surface area (Å²) in [7, 11) is 0. The van der Waals surface area contributed by atoms with Gasteiger partial charge in [-0.05, 0) is 36.1 Å². The van der Waals surface area contributed by atoms with Crippen molar-refractivity contribution in [1.82, 2.24) is 10.3 Å². The summed E-state index contributed by atoms with van der Waals surface area (Å²) in [6, 6.07) is 5.11. The third kappa shape index (κ3) is 3.02. The lowest BCUT2D eigenvalue weighted by Gasteiger charge is -2.06. The van der Waals surface area contributed by atoms with Crippen molar-refractivity contribution in [2.24, 2.45) is 0 Å². The summed E-state index contributed by atoms with van der Waals surface area (Å²) < 4.78 is 0. The Kier molecular flexibility index (Phi) is 4.22. The Morgan fingerprint density at radius 2 is 2.17 bits per heavy atom. The van der Waals surface area contributed by atoms with Gasteiger partial charge in [-0.3, -0.25) is 4.79 Å². The van der Waals surface area contributed by atoms with Gasteiger partial charge in [0.25, 0.3) is 5.91 Å². The van der Waals surface area contributed by atoms with Gasteiger partial charge in [0, 0.05) is 4.88 Å². The van der Waals surface area contributed by atoms with Gasteiger partial charge in [0.2, 0.25) is 0 Å². The number of pyridine rings is 1. The molecule has 0 aromatic carbocycles. The molecule has 0 saturated carbocycles. The number of rotatable bonds is 3. The van der Waals surface area contributed by atoms with Crippen LogP contribution in [0.3, 0.4) is 0 Å². The van der Waals surface area contributed by atoms with Gasteiger partial charge in [-0.15, -0.1) is 11.3 Å². The van der Waals surface area contributed by atoms with Crippen LogP contribution in [0.25, 0.3) is 0 Å². The monoisotopic (exact) mass is 300 g/mol. The van der Waals surface area contributed by atoms with Crippen molar-refractivity contribution in [3.8, 4) is 0 Å². The van der Waals surface area contributed by atoms with Gasteiger partial charge >= 0.3 is 0 Å². The summed E-state index contributed by atoms with van der Waals surface area (Å²) in [5.74, 6) is -0.324. The largest absolute Gasteiger partial charge is 0.346 e. The maximum absolute atomic E-state index is 11.9. The minimum atomic E-state index is -0.324. The van der Waals surface area contributed by atoms with Crippen LogP contribution in [0.2, 0.25) is 10.2 Å². The molecule has 3 nitrogen and oxygen atoms in total. The number of hydrogen-bond acceptors (Lipinski definition) is 3. The van der Waals surface area contributed by atoms with E-state index in [4.69, 9.17) is 23.2 Å². The number of nitrogens with one attached hydrogen (secondary N) is 1. The van der Waals surface area contributed by atoms with Crippen molar-refractivity contribution in [3.63, 3.8) is 0 Å². The molecular formula is C12H10Cl2N2OS. The zero-order chi connectivity index (χ0) is 13.1. The first-order valence-corrected chi connectivity index (χ1v) is 6.84. The molecule has 2 aromatic heterocycles. The van der Waals surface area contributed by atoms with Crippen molar-refractivity contribution in [2.75, 3.05) is 0 Å². The number of thiophene rings is 1. The number of aryl methyl sites for hydroxylation is 1. The number of halogens is 2. The zero-order valence-corrected chi connectivity index (χ0v) is 11.9. The standard InChI is InChI=1S/C12H10Cl2N2OS/c1-7-4-5-18-9(7)6-15-12(17)11-8(13)2-3-10(14)16-11/h2-5H,6H2,1H3,(H,15,17). The van der Waals surface area contributed by atoms with Crippen molar-refractivity contribution in [2.45, 2.75) is 13.5 Å². The maximum Gasteiger partial charge on any atom is 0.271 e. The Morgan fingerprint density at radius 3 is 2.83 bits per heavy atom. The Balaban J connectivity index is 2.08. The van der Waals surface area contributed by atoms with Crippen LogP contribution in [0.1, 0.15) is 20.9 Å². The molecule has 2 aromatic rings. The summed E-state index contributed by atoms with van der Waals surface area (Å²) in [6.07, 6.45) is 0. The molecular weight excluding hydrogens is 291 g/mol. The molecule has 0 radical (unpaired) electrons. The van der Waals surface area contributed by atoms with Crippen LogP contribution in [0, 0.1) is 6.92 Å². The molecule has 0 fully saturated rings. The van der Waals surface area contributed by atoms with E-state index >= 15 is 0 Å². The van der Waals surface area contributed by atoms with E-state index in [9.17, 15) is 4.79 Å². The van der Waals surface area contributed by atoms with Gasteiger partial charge in [0.1, 0.15) is 10.8 Å². The van der Waals surface area contributed by atoms with Crippen LogP contribution < -0.4 is 5.32 Å². The maximum atomic E-state index is 11.9. The van der Waals surface area contributed by atoms with E-state index < -0.39 is 0 Å². The fraction of sp³-hybridized carbons (Fsp3) is 0.167. The Morgan fingerprint density at radius 1 is 1.39 bits per heavy atom. The van der Waals surface area contributed by atoms with E-state index in [1.165, 1.54) is 0 Å². The van der Waals surface area contributed by atoms with Crippen LogP contribution in [-0.4, -0.2) is 10.9 Å². The third-order valence-electron chi connectivity index (χ3n) is 2.40. The van der Waals surface area contributed by atoms with E-state index in [2.05, 4.69) is 10.3 Å². The molecule has 6 heteroatoms. The molecule has 2 heterocycles. The SMILES string of the molecule is Cc1ccsc1CNC(=O)c1nc(Cl)ccc1Cl. The number of hydrogen-bond donors (Lipinski definition) is 1. The van der Waals surface area contributed by atoms with E-state index in [1.807, 2.05) is 18.4 Å². The molecule has 0 atom stereocenters. The number of carbonyl (C=O) groups excluding carboxylic acids is 1. The Labute approximate surface area is 119 Å². The zero-order valence-electron chi connectivity index (χ0n) is 9.54. The fourth-order valence-electron chi connectivity index (χ4n) is 1.41. The number of nitrogens with zero attached hydrogens (tertiary/aromatic N) is 1. The van der Waals surface area contributed by atoms with E-state index in [1.54, 1.807) is 23.5 Å². The van der Waals surface area contributed by atoms with Gasteiger partial charge in [-0.25, -0.2) is 4.98 Å². The molecule has 18 heavy (non-hydrogen) atoms. The van der Waals surface area contributed by atoms with E-state index in [-0.39, 0.29) is 16.8 Å². The highest BCUT2D eigenvalue weighted by molar-refractivity contribution is 7.10. The second kappa shape index (κ2) is 5.69. The van der Waals surface area contributed by atoms with Gasteiger partial charge in [-0.1, -0.05) is 23.2 Å². The summed E-state index contributed by atoms with van der Waals surface area (Å²) >= 11 is 13.2. The third-order valence-corrected chi connectivity index (χ3v) is 3.94. The molecule has 1 amide bonds. The second-order valence-electron chi connectivity index (χ2n) is 3.67. The lowest BCUT2D eigenvalue weighted by Crippen LogP contribution is -2.24. The van der Waals surface area contributed by atoms with Crippen molar-refractivity contribution >= 4 is 40.4 Å². The van der Waals surface area contributed by atoms with Crippen molar-refractivity contribution in [1.29, 1.82) is 0 Å². The van der Waals surface area contributed by atoms with Gasteiger partial charge in [-0.2, -0.15) is 0 Å². The van der Waals surface area contributed by atoms with Crippen LogP contribution in [0.4, 0.5) is 0 Å². The first kappa shape index (κ1) is 13.3. The summed E-state index contributed by atoms with van der Waals surface area (Å²) in [6.45, 7) is 2.47. The quantitative estimate of drug-likeness (QED) is 0.879. The molecule has 2 rings (SSSR count). The predicted molar refractivity (Wildman–Crippen MR) is 74.5 cm³/mol. The lowest BCUT2D eigenvalue weighted by atomic mass is 10.3. The van der Waals surface area contributed by atoms with Crippen molar-refractivity contribution in [3.05, 3.63) is 49.9 Å². The average Bonchev–Trinajstić information content (AvgIpc) is 2.75. The smallest absolute Gasteiger partial charge is 0.271 e. The van der Waals surface area contributed by atoms with Gasteiger partial charge in [0.15, 0.2) is 0 Å². The summed E-state index contributed by atoms with van der Waals surface area (Å²) in [4.78, 5) is 16.9. The van der Waals surface area contributed by atoms with Crippen molar-refractivity contribution < 1.29 is 4.79 Å². The highest BCUT2D eigenvalue weighted by Crippen LogP contribution is 2.18. The molecule has 94 valence electrons. The first-order valence-electron chi connectivity index (χ1n) is 5.21. The molecule has 0 aliphatic rings. The predicted octanol–water partition coefficient (Wildman–Crippen LogP) is 3.69. The first-order chi connectivity index (χ1) is 8.58. The van der Waals surface area contributed by atoms with Crippen LogP contribution in [-0.2, 0) is 6.54 Å². The number of aromatic nitrogens is 1.